The Morgan fingerprint density at radius 1 is 0.711 bits per heavy atom. The molecule has 10 heteroatoms. The van der Waals surface area contributed by atoms with Gasteiger partial charge >= 0.3 is 18.0 Å². The lowest BCUT2D eigenvalue weighted by atomic mass is 9.98. The fourth-order valence-electron chi connectivity index (χ4n) is 6.59. The molecule has 10 nitrogen and oxygen atoms in total. The molecule has 0 fully saturated rings. The predicted octanol–water partition coefficient (Wildman–Crippen LogP) is 7.05. The molecule has 3 aromatic heterocycles. The third-order valence-corrected chi connectivity index (χ3v) is 9.07. The topological polar surface area (TPSA) is 164 Å². The van der Waals surface area contributed by atoms with E-state index in [1.165, 1.54) is 4.57 Å². The maximum absolute atomic E-state index is 13.1. The Hall–Kier alpha value is -4.99. The third-order valence-electron chi connectivity index (χ3n) is 9.07. The number of H-pyrrole nitrogens is 1. The van der Waals surface area contributed by atoms with Gasteiger partial charge in [0.2, 0.25) is 0 Å². The van der Waals surface area contributed by atoms with Crippen molar-refractivity contribution in [1.82, 2.24) is 19.5 Å². The SMILES string of the molecule is CCc1c(C)c2cc3c(CC)c(C)c(cc4nc(cc5nc(cc1[nH]2)C(C)=C5CCC(=O)O)C(CCC(=O)O)=C4C)n3C(N)=O. The highest BCUT2D eigenvalue weighted by Gasteiger charge is 2.24. The Balaban J connectivity index is 2.00. The van der Waals surface area contributed by atoms with Crippen LogP contribution >= 0.6 is 0 Å². The smallest absolute Gasteiger partial charge is 0.323 e. The summed E-state index contributed by atoms with van der Waals surface area (Å²) in [4.78, 5) is 49.7. The average Bonchev–Trinajstić information content (AvgIpc) is 3.62. The number of hydrogen-bond donors (Lipinski definition) is 4. The quantitative estimate of drug-likeness (QED) is 0.212. The van der Waals surface area contributed by atoms with Gasteiger partial charge in [0.1, 0.15) is 0 Å². The van der Waals surface area contributed by atoms with E-state index in [4.69, 9.17) is 15.7 Å². The Labute approximate surface area is 261 Å². The fraction of sp³-hybridized carbons (Fsp3) is 0.343. The molecule has 0 unspecified atom stereocenters. The van der Waals surface area contributed by atoms with Crippen molar-refractivity contribution in [3.05, 3.63) is 69.3 Å². The van der Waals surface area contributed by atoms with Crippen LogP contribution in [0.1, 0.15) is 98.4 Å². The number of aliphatic carboxylic acids is 2. The minimum absolute atomic E-state index is 0.0582. The molecule has 0 aromatic carbocycles. The van der Waals surface area contributed by atoms with Crippen molar-refractivity contribution in [1.29, 1.82) is 0 Å². The number of hydrogen-bond acceptors (Lipinski definition) is 5. The second-order valence-corrected chi connectivity index (χ2v) is 11.6. The first-order chi connectivity index (χ1) is 21.4. The molecule has 0 saturated carbocycles. The molecule has 2 aliphatic heterocycles. The summed E-state index contributed by atoms with van der Waals surface area (Å²) >= 11 is 0. The molecule has 2 aliphatic rings. The molecular weight excluding hydrogens is 570 g/mol. The van der Waals surface area contributed by atoms with Crippen LogP contribution in [0.25, 0.3) is 44.4 Å². The van der Waals surface area contributed by atoms with Gasteiger partial charge in [-0.2, -0.15) is 0 Å². The second-order valence-electron chi connectivity index (χ2n) is 11.6. The van der Waals surface area contributed by atoms with Crippen molar-refractivity contribution in [3.8, 4) is 0 Å². The maximum atomic E-state index is 13.1. The first-order valence-electron chi connectivity index (χ1n) is 15.3. The number of carbonyl (C=O) groups excluding carboxylic acids is 1. The molecule has 5 heterocycles. The van der Waals surface area contributed by atoms with Crippen molar-refractivity contribution >= 4 is 62.3 Å². The predicted molar refractivity (Wildman–Crippen MR) is 177 cm³/mol. The van der Waals surface area contributed by atoms with Crippen LogP contribution in [0.5, 0.6) is 0 Å². The zero-order valence-electron chi connectivity index (χ0n) is 26.6. The van der Waals surface area contributed by atoms with Crippen LogP contribution < -0.4 is 5.73 Å². The van der Waals surface area contributed by atoms with E-state index >= 15 is 0 Å². The standard InChI is InChI=1S/C35H39N5O5/c1-7-21-17(3)27-16-32-22(8-2)20(6)31(40(32)35(36)45)15-26-19(5)24(10-12-34(43)44)30(39-26)14-29-23(9-11-33(41)42)18(4)25(37-29)13-28(21)38-27/h13-16,38H,7-12H2,1-6H3,(H2,36,45)(H,41,42)(H,43,44). The monoisotopic (exact) mass is 609 g/mol. The van der Waals surface area contributed by atoms with Crippen molar-refractivity contribution < 1.29 is 24.6 Å². The van der Waals surface area contributed by atoms with Crippen molar-refractivity contribution in [3.63, 3.8) is 0 Å². The molecule has 0 atom stereocenters. The number of aryl methyl sites for hydroxylation is 4. The van der Waals surface area contributed by atoms with Crippen molar-refractivity contribution in [2.24, 2.45) is 5.73 Å². The summed E-state index contributed by atoms with van der Waals surface area (Å²) < 4.78 is 1.53. The van der Waals surface area contributed by atoms with E-state index in [0.717, 1.165) is 62.0 Å². The van der Waals surface area contributed by atoms with E-state index in [0.29, 0.717) is 40.2 Å². The average molecular weight is 610 g/mol. The number of amides is 1. The van der Waals surface area contributed by atoms with Crippen LogP contribution in [-0.2, 0) is 22.4 Å². The van der Waals surface area contributed by atoms with Crippen LogP contribution in [0.4, 0.5) is 4.79 Å². The van der Waals surface area contributed by atoms with Gasteiger partial charge in [-0.3, -0.25) is 14.2 Å². The minimum Gasteiger partial charge on any atom is -0.481 e. The maximum Gasteiger partial charge on any atom is 0.323 e. The number of rotatable bonds is 8. The highest BCUT2D eigenvalue weighted by molar-refractivity contribution is 5.98. The number of fused-ring (bicyclic) bond motifs is 8. The summed E-state index contributed by atoms with van der Waals surface area (Å²) in [6.07, 6.45) is 1.82. The van der Waals surface area contributed by atoms with E-state index in [1.54, 1.807) is 0 Å². The molecule has 3 aromatic rings. The van der Waals surface area contributed by atoms with Gasteiger partial charge in [0.25, 0.3) is 0 Å². The Bertz CT molecular complexity index is 2010. The van der Waals surface area contributed by atoms with Crippen LogP contribution in [-0.4, -0.2) is 47.7 Å². The second kappa shape index (κ2) is 12.2. The Morgan fingerprint density at radius 3 is 1.73 bits per heavy atom. The molecule has 5 N–H and O–H groups in total. The number of carboxylic acids is 2. The Morgan fingerprint density at radius 2 is 1.24 bits per heavy atom. The van der Waals surface area contributed by atoms with E-state index in [1.807, 2.05) is 52.0 Å². The van der Waals surface area contributed by atoms with Crippen molar-refractivity contribution in [2.75, 3.05) is 0 Å². The summed E-state index contributed by atoms with van der Waals surface area (Å²) in [7, 11) is 0. The molecular formula is C35H39N5O5. The molecule has 234 valence electrons. The highest BCUT2D eigenvalue weighted by Crippen LogP contribution is 2.38. The van der Waals surface area contributed by atoms with Crippen LogP contribution in [0.2, 0.25) is 0 Å². The number of nitrogens with two attached hydrogens (primary N) is 1. The van der Waals surface area contributed by atoms with E-state index in [9.17, 15) is 24.6 Å². The molecule has 0 radical (unpaired) electrons. The minimum atomic E-state index is -0.926. The number of aromatic nitrogens is 4. The van der Waals surface area contributed by atoms with Gasteiger partial charge in [-0.1, -0.05) is 13.8 Å². The van der Waals surface area contributed by atoms with Gasteiger partial charge in [0, 0.05) is 23.9 Å². The van der Waals surface area contributed by atoms with Crippen LogP contribution in [0, 0.1) is 13.8 Å². The molecule has 45 heavy (non-hydrogen) atoms. The number of aromatic amines is 1. The molecule has 5 rings (SSSR count). The third kappa shape index (κ3) is 5.68. The van der Waals surface area contributed by atoms with E-state index in [2.05, 4.69) is 18.8 Å². The summed E-state index contributed by atoms with van der Waals surface area (Å²) in [5.41, 5.74) is 18.9. The highest BCUT2D eigenvalue weighted by atomic mass is 16.4. The molecule has 8 bridgehead atoms. The molecule has 1 amide bonds. The molecule has 0 spiro atoms. The fourth-order valence-corrected chi connectivity index (χ4v) is 6.59. The first kappa shape index (κ1) is 31.4. The lowest BCUT2D eigenvalue weighted by Crippen LogP contribution is -2.19. The number of nitrogens with zero attached hydrogens (tertiary/aromatic N) is 3. The van der Waals surface area contributed by atoms with Gasteiger partial charge in [-0.05, 0) is 122 Å². The lowest BCUT2D eigenvalue weighted by molar-refractivity contribution is -0.137. The van der Waals surface area contributed by atoms with Crippen LogP contribution in [0.15, 0.2) is 24.3 Å². The van der Waals surface area contributed by atoms with Crippen LogP contribution in [0.3, 0.4) is 0 Å². The number of allylic oxidation sites excluding steroid dienone is 4. The van der Waals surface area contributed by atoms with Gasteiger partial charge in [0.15, 0.2) is 0 Å². The lowest BCUT2D eigenvalue weighted by Gasteiger charge is -2.05. The Kier molecular flexibility index (Phi) is 8.51. The van der Waals surface area contributed by atoms with E-state index < -0.39 is 18.0 Å². The van der Waals surface area contributed by atoms with Gasteiger partial charge in [-0.25, -0.2) is 14.8 Å². The number of carbonyl (C=O) groups is 3. The molecule has 0 saturated heterocycles. The first-order valence-corrected chi connectivity index (χ1v) is 15.3. The summed E-state index contributed by atoms with van der Waals surface area (Å²) in [5.74, 6) is -1.83. The number of primary amides is 1. The summed E-state index contributed by atoms with van der Waals surface area (Å²) in [6, 6.07) is 7.03. The van der Waals surface area contributed by atoms with Gasteiger partial charge in [-0.15, -0.1) is 0 Å². The summed E-state index contributed by atoms with van der Waals surface area (Å²) in [5, 5.41) is 19.0. The zero-order valence-corrected chi connectivity index (χ0v) is 26.6. The summed E-state index contributed by atoms with van der Waals surface area (Å²) in [6.45, 7) is 12.0. The number of nitrogens with one attached hydrogen (secondary N) is 1. The zero-order chi connectivity index (χ0) is 32.7. The largest absolute Gasteiger partial charge is 0.481 e. The van der Waals surface area contributed by atoms with Gasteiger partial charge < -0.3 is 20.9 Å². The molecule has 0 aliphatic carbocycles. The number of carboxylic acid groups (broad SMARTS) is 2. The van der Waals surface area contributed by atoms with E-state index in [-0.39, 0.29) is 25.7 Å². The normalized spacial score (nSPS) is 13.1. The van der Waals surface area contributed by atoms with Gasteiger partial charge in [0.05, 0.1) is 33.8 Å². The van der Waals surface area contributed by atoms with Crippen molar-refractivity contribution in [2.45, 2.75) is 80.1 Å².